The number of alkyl halides is 3. The van der Waals surface area contributed by atoms with Gasteiger partial charge in [0.05, 0.1) is 12.5 Å². The average Bonchev–Trinajstić information content (AvgIpc) is 2.77. The molecule has 3 rings (SSSR count). The second-order valence-corrected chi connectivity index (χ2v) is 9.55. The molecule has 2 aliphatic rings. The Morgan fingerprint density at radius 1 is 0.971 bits per heavy atom. The van der Waals surface area contributed by atoms with E-state index >= 15 is 0 Å². The van der Waals surface area contributed by atoms with E-state index in [1.165, 1.54) is 25.7 Å². The Morgan fingerprint density at radius 3 is 2.06 bits per heavy atom. The first-order chi connectivity index (χ1) is 16.2. The van der Waals surface area contributed by atoms with Gasteiger partial charge in [0, 0.05) is 38.3 Å². The number of nitriles is 1. The number of carbonyl (C=O) groups is 1. The maximum atomic E-state index is 13.9. The fourth-order valence-corrected chi connectivity index (χ4v) is 5.18. The summed E-state index contributed by atoms with van der Waals surface area (Å²) in [7, 11) is 0. The van der Waals surface area contributed by atoms with Crippen LogP contribution >= 0.6 is 0 Å². The summed E-state index contributed by atoms with van der Waals surface area (Å²) >= 11 is 0. The molecule has 1 aromatic carbocycles. The van der Waals surface area contributed by atoms with Crippen molar-refractivity contribution in [2.45, 2.75) is 64.0 Å². The molecule has 0 bridgehead atoms. The minimum atomic E-state index is -5.05. The summed E-state index contributed by atoms with van der Waals surface area (Å²) in [6.45, 7) is 3.39. The zero-order valence-electron chi connectivity index (χ0n) is 19.3. The van der Waals surface area contributed by atoms with Crippen LogP contribution in [0.1, 0.15) is 63.4 Å². The van der Waals surface area contributed by atoms with Crippen molar-refractivity contribution >= 4 is 11.5 Å². The maximum absolute atomic E-state index is 13.9. The van der Waals surface area contributed by atoms with E-state index < -0.39 is 23.4 Å². The van der Waals surface area contributed by atoms with Gasteiger partial charge in [-0.15, -0.1) is 0 Å². The van der Waals surface area contributed by atoms with Crippen LogP contribution in [0.25, 0.3) is 0 Å². The van der Waals surface area contributed by atoms with Crippen LogP contribution in [-0.4, -0.2) is 43.4 Å². The van der Waals surface area contributed by atoms with E-state index in [2.05, 4.69) is 4.90 Å². The SMILES string of the molecule is N#CCC(=O)CCCC1CCC(CCN2CCN(c3cc(F)c(C(F)(F)F)c(F)c3)CC2)CC1. The summed E-state index contributed by atoms with van der Waals surface area (Å²) in [4.78, 5) is 15.5. The van der Waals surface area contributed by atoms with Crippen LogP contribution in [0.2, 0.25) is 0 Å². The summed E-state index contributed by atoms with van der Waals surface area (Å²) < 4.78 is 66.2. The summed E-state index contributed by atoms with van der Waals surface area (Å²) in [6.07, 6.45) is 3.19. The molecule has 1 aliphatic carbocycles. The number of rotatable bonds is 9. The summed E-state index contributed by atoms with van der Waals surface area (Å²) in [6, 6.07) is 3.46. The fraction of sp³-hybridized carbons (Fsp3) is 0.680. The monoisotopic (exact) mass is 485 g/mol. The van der Waals surface area contributed by atoms with E-state index in [1.54, 1.807) is 4.90 Å². The van der Waals surface area contributed by atoms with Crippen LogP contribution in [0.3, 0.4) is 0 Å². The van der Waals surface area contributed by atoms with E-state index in [0.29, 0.717) is 44.4 Å². The van der Waals surface area contributed by atoms with Gasteiger partial charge in [0.1, 0.15) is 23.0 Å². The Balaban J connectivity index is 1.36. The van der Waals surface area contributed by atoms with Gasteiger partial charge in [0.15, 0.2) is 0 Å². The first kappa shape index (κ1) is 26.4. The first-order valence-corrected chi connectivity index (χ1v) is 12.1. The number of piperazine rings is 1. The number of hydrogen-bond acceptors (Lipinski definition) is 4. The van der Waals surface area contributed by atoms with Crippen LogP contribution in [0.4, 0.5) is 27.6 Å². The van der Waals surface area contributed by atoms with Crippen molar-refractivity contribution in [1.82, 2.24) is 4.90 Å². The Labute approximate surface area is 197 Å². The molecule has 0 unspecified atom stereocenters. The highest BCUT2D eigenvalue weighted by Gasteiger charge is 2.38. The number of hydrogen-bond donors (Lipinski definition) is 0. The van der Waals surface area contributed by atoms with Gasteiger partial charge in [-0.05, 0) is 43.4 Å². The van der Waals surface area contributed by atoms with Gasteiger partial charge >= 0.3 is 6.18 Å². The van der Waals surface area contributed by atoms with Gasteiger partial charge in [-0.3, -0.25) is 9.69 Å². The second kappa shape index (κ2) is 12.0. The van der Waals surface area contributed by atoms with Crippen LogP contribution in [0.15, 0.2) is 12.1 Å². The highest BCUT2D eigenvalue weighted by Crippen LogP contribution is 2.36. The predicted octanol–water partition coefficient (Wildman–Crippen LogP) is 5.96. The van der Waals surface area contributed by atoms with Crippen molar-refractivity contribution in [3.63, 3.8) is 0 Å². The van der Waals surface area contributed by atoms with Gasteiger partial charge in [0.25, 0.3) is 0 Å². The highest BCUT2D eigenvalue weighted by molar-refractivity contribution is 5.80. The van der Waals surface area contributed by atoms with Crippen molar-refractivity contribution < 1.29 is 26.7 Å². The van der Waals surface area contributed by atoms with Crippen molar-refractivity contribution in [2.24, 2.45) is 11.8 Å². The lowest BCUT2D eigenvalue weighted by molar-refractivity contribution is -0.142. The molecule has 188 valence electrons. The van der Waals surface area contributed by atoms with Crippen LogP contribution in [0, 0.1) is 34.8 Å². The Morgan fingerprint density at radius 2 is 1.53 bits per heavy atom. The lowest BCUT2D eigenvalue weighted by Gasteiger charge is -2.37. The van der Waals surface area contributed by atoms with Gasteiger partial charge in [-0.25, -0.2) is 8.78 Å². The number of ketones is 1. The molecule has 0 spiro atoms. The number of nitrogens with zero attached hydrogens (tertiary/aromatic N) is 3. The molecule has 1 saturated heterocycles. The zero-order chi connectivity index (χ0) is 24.7. The number of halogens is 5. The van der Waals surface area contributed by atoms with E-state index in [1.807, 2.05) is 6.07 Å². The third kappa shape index (κ3) is 7.39. The molecule has 1 aliphatic heterocycles. The van der Waals surface area contributed by atoms with Crippen LogP contribution in [-0.2, 0) is 11.0 Å². The topological polar surface area (TPSA) is 47.3 Å². The van der Waals surface area contributed by atoms with E-state index in [9.17, 15) is 26.7 Å². The quantitative estimate of drug-likeness (QED) is 0.405. The molecular weight excluding hydrogens is 453 g/mol. The molecule has 9 heteroatoms. The van der Waals surface area contributed by atoms with Gasteiger partial charge < -0.3 is 4.90 Å². The van der Waals surface area contributed by atoms with Crippen molar-refractivity contribution in [2.75, 3.05) is 37.6 Å². The average molecular weight is 486 g/mol. The van der Waals surface area contributed by atoms with Gasteiger partial charge in [-0.1, -0.05) is 32.1 Å². The molecule has 0 aromatic heterocycles. The molecule has 0 atom stereocenters. The number of benzene rings is 1. The van der Waals surface area contributed by atoms with E-state index in [-0.39, 0.29) is 17.9 Å². The van der Waals surface area contributed by atoms with Crippen molar-refractivity contribution in [3.8, 4) is 6.07 Å². The lowest BCUT2D eigenvalue weighted by atomic mass is 9.78. The Kier molecular flexibility index (Phi) is 9.29. The van der Waals surface area contributed by atoms with Crippen molar-refractivity contribution in [1.29, 1.82) is 5.26 Å². The molecular formula is C25H32F5N3O. The van der Waals surface area contributed by atoms with Crippen molar-refractivity contribution in [3.05, 3.63) is 29.3 Å². The third-order valence-electron chi connectivity index (χ3n) is 7.21. The molecule has 1 heterocycles. The fourth-order valence-electron chi connectivity index (χ4n) is 5.18. The number of anilines is 1. The Bertz CT molecular complexity index is 843. The van der Waals surface area contributed by atoms with Crippen LogP contribution in [0.5, 0.6) is 0 Å². The molecule has 1 saturated carbocycles. The highest BCUT2D eigenvalue weighted by atomic mass is 19.4. The normalized spacial score (nSPS) is 21.9. The Hall–Kier alpha value is -2.21. The zero-order valence-corrected chi connectivity index (χ0v) is 19.3. The molecule has 4 nitrogen and oxygen atoms in total. The van der Waals surface area contributed by atoms with E-state index in [4.69, 9.17) is 5.26 Å². The molecule has 2 fully saturated rings. The summed E-state index contributed by atoms with van der Waals surface area (Å²) in [5.74, 6) is -1.78. The largest absolute Gasteiger partial charge is 0.422 e. The third-order valence-corrected chi connectivity index (χ3v) is 7.21. The van der Waals surface area contributed by atoms with Gasteiger partial charge in [-0.2, -0.15) is 18.4 Å². The molecule has 0 radical (unpaired) electrons. The predicted molar refractivity (Wildman–Crippen MR) is 119 cm³/mol. The molecule has 34 heavy (non-hydrogen) atoms. The van der Waals surface area contributed by atoms with E-state index in [0.717, 1.165) is 37.9 Å². The number of carbonyl (C=O) groups excluding carboxylic acids is 1. The molecule has 0 N–H and O–H groups in total. The lowest BCUT2D eigenvalue weighted by Crippen LogP contribution is -2.47. The maximum Gasteiger partial charge on any atom is 0.422 e. The minimum absolute atomic E-state index is 0.0130. The molecule has 1 aromatic rings. The summed E-state index contributed by atoms with van der Waals surface area (Å²) in [5.41, 5.74) is -1.69. The standard InChI is InChI=1S/C25H32F5N3O/c26-22-16-20(17-23(27)24(22)25(28,29)30)33-14-12-32(13-15-33)11-9-19-6-4-18(5-7-19)2-1-3-21(34)8-10-31/h16-19H,1-9,11-15H2. The second-order valence-electron chi connectivity index (χ2n) is 9.55. The molecule has 0 amide bonds. The smallest absolute Gasteiger partial charge is 0.369 e. The summed E-state index contributed by atoms with van der Waals surface area (Å²) in [5, 5.41) is 8.54. The van der Waals surface area contributed by atoms with Crippen LogP contribution < -0.4 is 4.90 Å². The first-order valence-electron chi connectivity index (χ1n) is 12.1. The minimum Gasteiger partial charge on any atom is -0.369 e. The van der Waals surface area contributed by atoms with Gasteiger partial charge in [0.2, 0.25) is 0 Å². The number of Topliss-reactive ketones (excluding diaryl/α,β-unsaturated/α-hetero) is 1.